The Balaban J connectivity index is 2.40. The van der Waals surface area contributed by atoms with E-state index >= 15 is 0 Å². The van der Waals surface area contributed by atoms with Crippen LogP contribution >= 0.6 is 15.9 Å². The van der Waals surface area contributed by atoms with Gasteiger partial charge in [0.15, 0.2) is 21.9 Å². The lowest BCUT2D eigenvalue weighted by Gasteiger charge is -2.15. The van der Waals surface area contributed by atoms with Gasteiger partial charge in [0.25, 0.3) is 5.91 Å². The molecule has 0 saturated carbocycles. The number of carbonyl (C=O) groups is 2. The van der Waals surface area contributed by atoms with E-state index in [9.17, 15) is 14.7 Å². The molecule has 1 amide bonds. The molecule has 1 heterocycles. The molecule has 8 heteroatoms. The Morgan fingerprint density at radius 3 is 2.32 bits per heavy atom. The normalized spacial score (nSPS) is 10.1. The molecule has 0 atom stereocenters. The highest BCUT2D eigenvalue weighted by Crippen LogP contribution is 2.33. The molecule has 0 aliphatic carbocycles. The fourth-order valence-corrected chi connectivity index (χ4v) is 2.08. The van der Waals surface area contributed by atoms with Crippen LogP contribution in [0, 0.1) is 0 Å². The van der Waals surface area contributed by atoms with Crippen molar-refractivity contribution in [1.82, 2.24) is 0 Å². The summed E-state index contributed by atoms with van der Waals surface area (Å²) in [6.45, 7) is 0. The second-order valence-electron chi connectivity index (χ2n) is 4.10. The summed E-state index contributed by atoms with van der Waals surface area (Å²) in [6.07, 6.45) is 0. The number of carbonyl (C=O) groups excluding carboxylic acids is 2. The number of carboxylic acids is 1. The van der Waals surface area contributed by atoms with Crippen LogP contribution in [0.1, 0.15) is 20.9 Å². The molecule has 2 rings (SSSR count). The highest BCUT2D eigenvalue weighted by atomic mass is 79.9. The number of hydrogen-bond donors (Lipinski definition) is 1. The molecule has 2 aromatic rings. The summed E-state index contributed by atoms with van der Waals surface area (Å²) in [5, 5.41) is 13.7. The zero-order valence-corrected chi connectivity index (χ0v) is 13.2. The van der Waals surface area contributed by atoms with Crippen LogP contribution in [0.5, 0.6) is 11.5 Å². The molecule has 1 aromatic carbocycles. The number of aromatic carboxylic acids is 1. The van der Waals surface area contributed by atoms with Crippen LogP contribution < -0.4 is 19.9 Å². The molecule has 0 radical (unpaired) electrons. The summed E-state index contributed by atoms with van der Waals surface area (Å²) in [7, 11) is 2.77. The minimum atomic E-state index is -1.46. The number of nitrogens with one attached hydrogen (secondary N) is 1. The van der Waals surface area contributed by atoms with Gasteiger partial charge < -0.3 is 29.1 Å². The first kappa shape index (κ1) is 15.9. The van der Waals surface area contributed by atoms with Crippen molar-refractivity contribution in [2.45, 2.75) is 0 Å². The van der Waals surface area contributed by atoms with E-state index in [1.165, 1.54) is 32.4 Å². The lowest BCUT2D eigenvalue weighted by Crippen LogP contribution is -2.25. The first-order valence-electron chi connectivity index (χ1n) is 6.00. The number of ether oxygens (including phenoxy) is 2. The molecular formula is C14H11BrNO6-. The van der Waals surface area contributed by atoms with Gasteiger partial charge in [0.1, 0.15) is 0 Å². The van der Waals surface area contributed by atoms with Crippen LogP contribution in [0.3, 0.4) is 0 Å². The number of rotatable bonds is 5. The first-order valence-corrected chi connectivity index (χ1v) is 6.79. The van der Waals surface area contributed by atoms with E-state index in [0.717, 1.165) is 0 Å². The Morgan fingerprint density at radius 2 is 1.82 bits per heavy atom. The van der Waals surface area contributed by atoms with Crippen molar-refractivity contribution in [2.24, 2.45) is 0 Å². The van der Waals surface area contributed by atoms with E-state index in [1.807, 2.05) is 0 Å². The van der Waals surface area contributed by atoms with E-state index in [4.69, 9.17) is 13.9 Å². The Hall–Kier alpha value is -2.48. The van der Waals surface area contributed by atoms with E-state index in [0.29, 0.717) is 4.67 Å². The number of hydrogen-bond acceptors (Lipinski definition) is 6. The topological polar surface area (TPSA) is 101 Å². The maximum atomic E-state index is 12.0. The molecule has 22 heavy (non-hydrogen) atoms. The summed E-state index contributed by atoms with van der Waals surface area (Å²) in [6, 6.07) is 5.53. The van der Waals surface area contributed by atoms with Gasteiger partial charge in [-0.25, -0.2) is 0 Å². The van der Waals surface area contributed by atoms with Gasteiger partial charge >= 0.3 is 0 Å². The molecule has 116 valence electrons. The average molecular weight is 369 g/mol. The number of methoxy groups -OCH3 is 2. The van der Waals surface area contributed by atoms with Gasteiger partial charge in [0.05, 0.1) is 25.9 Å². The summed E-state index contributed by atoms with van der Waals surface area (Å²) in [5.41, 5.74) is -0.230. The van der Waals surface area contributed by atoms with E-state index in [1.54, 1.807) is 6.07 Å². The minimum Gasteiger partial charge on any atom is -0.545 e. The number of carboxylic acid groups (broad SMARTS) is 1. The third-order valence-corrected chi connectivity index (χ3v) is 3.22. The zero-order valence-electron chi connectivity index (χ0n) is 11.6. The average Bonchev–Trinajstić information content (AvgIpc) is 2.93. The summed E-state index contributed by atoms with van der Waals surface area (Å²) >= 11 is 3.08. The third kappa shape index (κ3) is 3.22. The highest BCUT2D eigenvalue weighted by Gasteiger charge is 2.16. The van der Waals surface area contributed by atoms with Crippen molar-refractivity contribution in [3.8, 4) is 11.5 Å². The molecule has 0 unspecified atom stereocenters. The smallest absolute Gasteiger partial charge is 0.291 e. The second kappa shape index (κ2) is 6.52. The predicted molar refractivity (Wildman–Crippen MR) is 78.2 cm³/mol. The fourth-order valence-electron chi connectivity index (χ4n) is 1.77. The van der Waals surface area contributed by atoms with Gasteiger partial charge in [-0.05, 0) is 34.1 Å². The lowest BCUT2D eigenvalue weighted by molar-refractivity contribution is -0.254. The predicted octanol–water partition coefficient (Wildman–Crippen LogP) is 1.68. The zero-order chi connectivity index (χ0) is 16.3. The summed E-state index contributed by atoms with van der Waals surface area (Å²) < 4.78 is 15.6. The van der Waals surface area contributed by atoms with Gasteiger partial charge in [-0.15, -0.1) is 0 Å². The molecule has 0 fully saturated rings. The van der Waals surface area contributed by atoms with Gasteiger partial charge in [0.2, 0.25) is 0 Å². The monoisotopic (exact) mass is 368 g/mol. The number of amides is 1. The SMILES string of the molecule is COc1cc(NC(=O)c2ccc(Br)o2)c(C(=O)[O-])cc1OC. The number of furan rings is 1. The van der Waals surface area contributed by atoms with Crippen LogP contribution in [0.2, 0.25) is 0 Å². The Kier molecular flexibility index (Phi) is 4.71. The third-order valence-electron chi connectivity index (χ3n) is 2.79. The standard InChI is InChI=1S/C14H12BrNO6/c1-20-10-5-7(14(18)19)8(6-11(10)21-2)16-13(17)9-3-4-12(15)22-9/h3-6H,1-2H3,(H,16,17)(H,18,19)/p-1. The van der Waals surface area contributed by atoms with Crippen LogP contribution in [-0.2, 0) is 0 Å². The largest absolute Gasteiger partial charge is 0.545 e. The van der Waals surface area contributed by atoms with Crippen molar-refractivity contribution in [3.05, 3.63) is 40.3 Å². The lowest BCUT2D eigenvalue weighted by atomic mass is 10.1. The van der Waals surface area contributed by atoms with E-state index < -0.39 is 11.9 Å². The van der Waals surface area contributed by atoms with Crippen LogP contribution in [0.25, 0.3) is 0 Å². The fraction of sp³-hybridized carbons (Fsp3) is 0.143. The van der Waals surface area contributed by atoms with Crippen molar-refractivity contribution in [3.63, 3.8) is 0 Å². The molecule has 0 bridgehead atoms. The van der Waals surface area contributed by atoms with Crippen molar-refractivity contribution in [2.75, 3.05) is 19.5 Å². The summed E-state index contributed by atoms with van der Waals surface area (Å²) in [5.74, 6) is -1.58. The Labute approximate surface area is 134 Å². The first-order chi connectivity index (χ1) is 10.5. The van der Waals surface area contributed by atoms with Gasteiger partial charge in [-0.3, -0.25) is 4.79 Å². The van der Waals surface area contributed by atoms with E-state index in [2.05, 4.69) is 21.2 Å². The molecule has 0 aliphatic rings. The Bertz CT molecular complexity index is 724. The highest BCUT2D eigenvalue weighted by molar-refractivity contribution is 9.10. The maximum absolute atomic E-state index is 12.0. The molecule has 1 aromatic heterocycles. The number of halogens is 1. The molecule has 0 aliphatic heterocycles. The summed E-state index contributed by atoms with van der Waals surface area (Å²) in [4.78, 5) is 23.3. The number of anilines is 1. The molecular weight excluding hydrogens is 358 g/mol. The number of benzene rings is 1. The van der Waals surface area contributed by atoms with E-state index in [-0.39, 0.29) is 28.5 Å². The quantitative estimate of drug-likeness (QED) is 0.861. The minimum absolute atomic E-state index is 0.00942. The van der Waals surface area contributed by atoms with Crippen molar-refractivity contribution < 1.29 is 28.6 Å². The Morgan fingerprint density at radius 1 is 1.18 bits per heavy atom. The van der Waals surface area contributed by atoms with Crippen LogP contribution in [0.15, 0.2) is 33.4 Å². The molecule has 1 N–H and O–H groups in total. The maximum Gasteiger partial charge on any atom is 0.291 e. The van der Waals surface area contributed by atoms with Crippen molar-refractivity contribution in [1.29, 1.82) is 0 Å². The van der Waals surface area contributed by atoms with Crippen molar-refractivity contribution >= 4 is 33.5 Å². The van der Waals surface area contributed by atoms with Gasteiger partial charge in [0, 0.05) is 11.6 Å². The van der Waals surface area contributed by atoms with Gasteiger partial charge in [-0.2, -0.15) is 0 Å². The molecule has 0 spiro atoms. The van der Waals surface area contributed by atoms with Crippen LogP contribution in [-0.4, -0.2) is 26.1 Å². The van der Waals surface area contributed by atoms with Crippen LogP contribution in [0.4, 0.5) is 5.69 Å². The molecule has 0 saturated heterocycles. The van der Waals surface area contributed by atoms with Gasteiger partial charge in [-0.1, -0.05) is 0 Å². The second-order valence-corrected chi connectivity index (χ2v) is 4.88. The molecule has 7 nitrogen and oxygen atoms in total.